The summed E-state index contributed by atoms with van der Waals surface area (Å²) in [6, 6.07) is -0.474. The van der Waals surface area contributed by atoms with Crippen molar-refractivity contribution in [1.82, 2.24) is 15.5 Å². The van der Waals surface area contributed by atoms with Crippen molar-refractivity contribution in [3.05, 3.63) is 0 Å². The van der Waals surface area contributed by atoms with Gasteiger partial charge in [-0.1, -0.05) is 0 Å². The second-order valence-electron chi connectivity index (χ2n) is 4.78. The summed E-state index contributed by atoms with van der Waals surface area (Å²) in [5.41, 5.74) is 0. The maximum absolute atomic E-state index is 12.4. The fourth-order valence-corrected chi connectivity index (χ4v) is 2.55. The summed E-state index contributed by atoms with van der Waals surface area (Å²) in [5.74, 6) is -0.0603. The first-order valence-electron chi connectivity index (χ1n) is 6.54. The monoisotopic (exact) mass is 255 g/mol. The molecule has 2 aliphatic heterocycles. The first-order valence-corrected chi connectivity index (χ1v) is 6.54. The third-order valence-electron chi connectivity index (χ3n) is 3.61. The number of piperidine rings is 1. The number of hydrogen-bond donors (Lipinski definition) is 2. The van der Waals surface area contributed by atoms with E-state index in [0.29, 0.717) is 19.8 Å². The van der Waals surface area contributed by atoms with Crippen LogP contribution in [0, 0.1) is 5.92 Å². The number of hydrogen-bond acceptors (Lipinski definition) is 4. The lowest BCUT2D eigenvalue weighted by atomic mass is 9.97. The van der Waals surface area contributed by atoms with Gasteiger partial charge in [-0.2, -0.15) is 0 Å². The number of nitrogens with zero attached hydrogens (tertiary/aromatic N) is 1. The van der Waals surface area contributed by atoms with Gasteiger partial charge in [0.1, 0.15) is 6.04 Å². The van der Waals surface area contributed by atoms with Crippen LogP contribution >= 0.6 is 0 Å². The zero-order valence-corrected chi connectivity index (χ0v) is 10.8. The SMILES string of the molecule is CNC(=O)C1COCCN1C(=O)[C@H]1CCCNC1. The lowest BCUT2D eigenvalue weighted by Gasteiger charge is -2.37. The molecule has 2 atom stereocenters. The molecular formula is C12H21N3O3. The van der Waals surface area contributed by atoms with Gasteiger partial charge in [-0.05, 0) is 19.4 Å². The molecule has 0 aromatic heterocycles. The zero-order chi connectivity index (χ0) is 13.0. The first-order chi connectivity index (χ1) is 8.74. The number of nitrogens with one attached hydrogen (secondary N) is 2. The Kier molecular flexibility index (Phi) is 4.54. The van der Waals surface area contributed by atoms with Gasteiger partial charge in [0.25, 0.3) is 0 Å². The Labute approximate surface area is 107 Å². The van der Waals surface area contributed by atoms with Crippen molar-refractivity contribution in [3.8, 4) is 0 Å². The van der Waals surface area contributed by atoms with E-state index in [9.17, 15) is 9.59 Å². The third-order valence-corrected chi connectivity index (χ3v) is 3.61. The molecule has 2 fully saturated rings. The molecule has 6 heteroatoms. The predicted molar refractivity (Wildman–Crippen MR) is 66.0 cm³/mol. The van der Waals surface area contributed by atoms with E-state index in [1.807, 2.05) is 0 Å². The molecule has 1 unspecified atom stereocenters. The van der Waals surface area contributed by atoms with Crippen molar-refractivity contribution in [2.24, 2.45) is 5.92 Å². The van der Waals surface area contributed by atoms with Crippen LogP contribution in [0.1, 0.15) is 12.8 Å². The van der Waals surface area contributed by atoms with E-state index in [0.717, 1.165) is 25.9 Å². The normalized spacial score (nSPS) is 28.8. The van der Waals surface area contributed by atoms with Gasteiger partial charge in [-0.25, -0.2) is 0 Å². The molecule has 0 radical (unpaired) electrons. The summed E-state index contributed by atoms with van der Waals surface area (Å²) in [6.07, 6.45) is 1.93. The molecule has 0 aromatic carbocycles. The second-order valence-corrected chi connectivity index (χ2v) is 4.78. The average molecular weight is 255 g/mol. The standard InChI is InChI=1S/C12H21N3O3/c1-13-11(16)10-8-18-6-5-15(10)12(17)9-3-2-4-14-7-9/h9-10,14H,2-8H2,1H3,(H,13,16)/t9-,10?/m0/s1. The van der Waals surface area contributed by atoms with Crippen molar-refractivity contribution in [2.45, 2.75) is 18.9 Å². The lowest BCUT2D eigenvalue weighted by Crippen LogP contribution is -2.57. The average Bonchev–Trinajstić information content (AvgIpc) is 2.46. The Hall–Kier alpha value is -1.14. The molecular weight excluding hydrogens is 234 g/mol. The van der Waals surface area contributed by atoms with Gasteiger partial charge in [0.05, 0.1) is 19.1 Å². The highest BCUT2D eigenvalue weighted by molar-refractivity contribution is 5.88. The van der Waals surface area contributed by atoms with Crippen LogP contribution in [-0.2, 0) is 14.3 Å². The molecule has 102 valence electrons. The van der Waals surface area contributed by atoms with E-state index >= 15 is 0 Å². The van der Waals surface area contributed by atoms with Crippen LogP contribution in [0.3, 0.4) is 0 Å². The molecule has 2 N–H and O–H groups in total. The fourth-order valence-electron chi connectivity index (χ4n) is 2.55. The van der Waals surface area contributed by atoms with E-state index in [-0.39, 0.29) is 17.7 Å². The molecule has 0 aromatic rings. The van der Waals surface area contributed by atoms with Crippen molar-refractivity contribution in [2.75, 3.05) is 39.9 Å². The topological polar surface area (TPSA) is 70.7 Å². The molecule has 18 heavy (non-hydrogen) atoms. The Balaban J connectivity index is 2.03. The van der Waals surface area contributed by atoms with Crippen molar-refractivity contribution < 1.29 is 14.3 Å². The molecule has 2 aliphatic rings. The quantitative estimate of drug-likeness (QED) is 0.661. The van der Waals surface area contributed by atoms with Gasteiger partial charge in [-0.3, -0.25) is 9.59 Å². The van der Waals surface area contributed by atoms with Crippen LogP contribution in [0.4, 0.5) is 0 Å². The minimum Gasteiger partial charge on any atom is -0.377 e. The Bertz CT molecular complexity index is 316. The minimum absolute atomic E-state index is 0.00371. The van der Waals surface area contributed by atoms with Crippen LogP contribution < -0.4 is 10.6 Å². The molecule has 0 spiro atoms. The van der Waals surface area contributed by atoms with Crippen LogP contribution in [-0.4, -0.2) is 62.7 Å². The predicted octanol–water partition coefficient (Wildman–Crippen LogP) is -1.04. The number of likely N-dealkylation sites (N-methyl/N-ethyl adjacent to an activating group) is 1. The van der Waals surface area contributed by atoms with Crippen LogP contribution in [0.25, 0.3) is 0 Å². The van der Waals surface area contributed by atoms with Gasteiger partial charge in [0.2, 0.25) is 11.8 Å². The van der Waals surface area contributed by atoms with Crippen LogP contribution in [0.15, 0.2) is 0 Å². The van der Waals surface area contributed by atoms with Crippen molar-refractivity contribution >= 4 is 11.8 Å². The highest BCUT2D eigenvalue weighted by atomic mass is 16.5. The Morgan fingerprint density at radius 2 is 2.28 bits per heavy atom. The maximum Gasteiger partial charge on any atom is 0.244 e. The zero-order valence-electron chi connectivity index (χ0n) is 10.8. The van der Waals surface area contributed by atoms with Gasteiger partial charge < -0.3 is 20.3 Å². The Morgan fingerprint density at radius 3 is 2.94 bits per heavy atom. The minimum atomic E-state index is -0.474. The molecule has 2 amide bonds. The number of carbonyl (C=O) groups excluding carboxylic acids is 2. The summed E-state index contributed by atoms with van der Waals surface area (Å²) < 4.78 is 5.30. The summed E-state index contributed by atoms with van der Waals surface area (Å²) in [6.45, 7) is 3.01. The number of ether oxygens (including phenoxy) is 1. The lowest BCUT2D eigenvalue weighted by molar-refractivity contribution is -0.151. The number of rotatable bonds is 2. The van der Waals surface area contributed by atoms with Gasteiger partial charge in [0.15, 0.2) is 0 Å². The molecule has 0 bridgehead atoms. The fraction of sp³-hybridized carbons (Fsp3) is 0.833. The van der Waals surface area contributed by atoms with E-state index in [1.165, 1.54) is 0 Å². The molecule has 0 saturated carbocycles. The third kappa shape index (κ3) is 2.81. The molecule has 2 heterocycles. The molecule has 0 aliphatic carbocycles. The largest absolute Gasteiger partial charge is 0.377 e. The number of amides is 2. The maximum atomic E-state index is 12.4. The molecule has 2 rings (SSSR count). The summed E-state index contributed by atoms with van der Waals surface area (Å²) in [7, 11) is 1.59. The van der Waals surface area contributed by atoms with E-state index in [2.05, 4.69) is 10.6 Å². The summed E-state index contributed by atoms with van der Waals surface area (Å²) in [4.78, 5) is 25.9. The number of morpholine rings is 1. The van der Waals surface area contributed by atoms with Gasteiger partial charge >= 0.3 is 0 Å². The first kappa shape index (κ1) is 13.3. The second kappa shape index (κ2) is 6.15. The van der Waals surface area contributed by atoms with Crippen molar-refractivity contribution in [3.63, 3.8) is 0 Å². The molecule has 6 nitrogen and oxygen atoms in total. The van der Waals surface area contributed by atoms with E-state index in [1.54, 1.807) is 11.9 Å². The number of carbonyl (C=O) groups is 2. The smallest absolute Gasteiger partial charge is 0.244 e. The van der Waals surface area contributed by atoms with Crippen LogP contribution in [0.5, 0.6) is 0 Å². The summed E-state index contributed by atoms with van der Waals surface area (Å²) in [5, 5.41) is 5.83. The van der Waals surface area contributed by atoms with Crippen molar-refractivity contribution in [1.29, 1.82) is 0 Å². The van der Waals surface area contributed by atoms with E-state index < -0.39 is 6.04 Å². The summed E-state index contributed by atoms with van der Waals surface area (Å²) >= 11 is 0. The highest BCUT2D eigenvalue weighted by Crippen LogP contribution is 2.17. The molecule has 2 saturated heterocycles. The van der Waals surface area contributed by atoms with Gasteiger partial charge in [0, 0.05) is 20.1 Å². The Morgan fingerprint density at radius 1 is 1.44 bits per heavy atom. The van der Waals surface area contributed by atoms with Crippen LogP contribution in [0.2, 0.25) is 0 Å². The van der Waals surface area contributed by atoms with Gasteiger partial charge in [-0.15, -0.1) is 0 Å². The van der Waals surface area contributed by atoms with E-state index in [4.69, 9.17) is 4.74 Å². The highest BCUT2D eigenvalue weighted by Gasteiger charge is 2.35.